The fourth-order valence-electron chi connectivity index (χ4n) is 2.20. The number of methoxy groups -OCH3 is 1. The first-order chi connectivity index (χ1) is 7.81. The minimum absolute atomic E-state index is 0.710. The van der Waals surface area contributed by atoms with Crippen LogP contribution in [0.1, 0.15) is 18.4 Å². The quantitative estimate of drug-likeness (QED) is 0.926. The topological polar surface area (TPSA) is 34.1 Å². The van der Waals surface area contributed by atoms with E-state index in [1.807, 2.05) is 6.20 Å². The third-order valence-corrected chi connectivity index (χ3v) is 3.76. The summed E-state index contributed by atoms with van der Waals surface area (Å²) in [6.45, 7) is 2.27. The monoisotopic (exact) mass is 284 g/mol. The summed E-state index contributed by atoms with van der Waals surface area (Å²) in [6, 6.07) is 0. The Hall–Kier alpha value is -0.610. The minimum Gasteiger partial charge on any atom is -0.495 e. The molecule has 1 aliphatic rings. The number of hydrogen-bond donors (Lipinski definition) is 1. The Bertz CT molecular complexity index is 351. The molecule has 0 amide bonds. The van der Waals surface area contributed by atoms with Gasteiger partial charge < -0.3 is 10.1 Å². The third kappa shape index (κ3) is 2.74. The zero-order valence-corrected chi connectivity index (χ0v) is 11.1. The largest absolute Gasteiger partial charge is 0.495 e. The highest BCUT2D eigenvalue weighted by Crippen LogP contribution is 2.29. The highest BCUT2D eigenvalue weighted by Gasteiger charge is 2.17. The molecule has 1 N–H and O–H groups in total. The molecule has 0 saturated carbocycles. The van der Waals surface area contributed by atoms with Crippen LogP contribution in [0.3, 0.4) is 0 Å². The van der Waals surface area contributed by atoms with Crippen molar-refractivity contribution in [3.05, 3.63) is 22.4 Å². The Morgan fingerprint density at radius 1 is 1.56 bits per heavy atom. The van der Waals surface area contributed by atoms with E-state index in [4.69, 9.17) is 4.74 Å². The van der Waals surface area contributed by atoms with Crippen LogP contribution in [0, 0.1) is 5.92 Å². The van der Waals surface area contributed by atoms with E-state index in [0.29, 0.717) is 5.92 Å². The standard InChI is InChI=1S/C12H17BrN2O/c1-16-12-8-15-7-11(13)10(12)5-9-3-2-4-14-6-9/h7-9,14H,2-6H2,1H3. The molecule has 2 rings (SSSR count). The molecule has 1 saturated heterocycles. The molecule has 1 atom stereocenters. The maximum atomic E-state index is 5.35. The SMILES string of the molecule is COc1cncc(Br)c1CC1CCCNC1. The van der Waals surface area contributed by atoms with Crippen molar-refractivity contribution in [3.8, 4) is 5.75 Å². The van der Waals surface area contributed by atoms with Crippen LogP contribution in [0.2, 0.25) is 0 Å². The molecule has 0 bridgehead atoms. The molecule has 0 aliphatic carbocycles. The minimum atomic E-state index is 0.710. The van der Waals surface area contributed by atoms with E-state index in [-0.39, 0.29) is 0 Å². The first kappa shape index (κ1) is 11.9. The Labute approximate surface area is 105 Å². The van der Waals surface area contributed by atoms with Crippen molar-refractivity contribution >= 4 is 15.9 Å². The van der Waals surface area contributed by atoms with Crippen LogP contribution in [-0.2, 0) is 6.42 Å². The Balaban J connectivity index is 2.12. The van der Waals surface area contributed by atoms with Crippen LogP contribution >= 0.6 is 15.9 Å². The van der Waals surface area contributed by atoms with E-state index < -0.39 is 0 Å². The first-order valence-electron chi connectivity index (χ1n) is 5.68. The van der Waals surface area contributed by atoms with Crippen LogP contribution in [-0.4, -0.2) is 25.2 Å². The van der Waals surface area contributed by atoms with Crippen molar-refractivity contribution < 1.29 is 4.74 Å². The molecular formula is C12H17BrN2O. The highest BCUT2D eigenvalue weighted by atomic mass is 79.9. The van der Waals surface area contributed by atoms with Gasteiger partial charge in [-0.3, -0.25) is 4.98 Å². The van der Waals surface area contributed by atoms with E-state index >= 15 is 0 Å². The molecular weight excluding hydrogens is 268 g/mol. The number of aromatic nitrogens is 1. The molecule has 16 heavy (non-hydrogen) atoms. The second kappa shape index (κ2) is 5.64. The zero-order valence-electron chi connectivity index (χ0n) is 9.50. The van der Waals surface area contributed by atoms with Gasteiger partial charge in [0.25, 0.3) is 0 Å². The van der Waals surface area contributed by atoms with Gasteiger partial charge in [-0.05, 0) is 54.2 Å². The number of rotatable bonds is 3. The molecule has 1 aromatic rings. The number of nitrogens with zero attached hydrogens (tertiary/aromatic N) is 1. The molecule has 1 aliphatic heterocycles. The fraction of sp³-hybridized carbons (Fsp3) is 0.583. The molecule has 3 nitrogen and oxygen atoms in total. The summed E-state index contributed by atoms with van der Waals surface area (Å²) in [4.78, 5) is 4.12. The highest BCUT2D eigenvalue weighted by molar-refractivity contribution is 9.10. The van der Waals surface area contributed by atoms with Gasteiger partial charge >= 0.3 is 0 Å². The lowest BCUT2D eigenvalue weighted by Crippen LogP contribution is -2.31. The van der Waals surface area contributed by atoms with Gasteiger partial charge in [0.05, 0.1) is 13.3 Å². The number of pyridine rings is 1. The van der Waals surface area contributed by atoms with Crippen molar-refractivity contribution in [1.29, 1.82) is 0 Å². The van der Waals surface area contributed by atoms with Gasteiger partial charge in [0.1, 0.15) is 5.75 Å². The third-order valence-electron chi connectivity index (χ3n) is 3.08. The molecule has 4 heteroatoms. The van der Waals surface area contributed by atoms with Gasteiger partial charge in [0.2, 0.25) is 0 Å². The van der Waals surface area contributed by atoms with Gasteiger partial charge in [-0.1, -0.05) is 0 Å². The van der Waals surface area contributed by atoms with Crippen molar-refractivity contribution in [1.82, 2.24) is 10.3 Å². The number of hydrogen-bond acceptors (Lipinski definition) is 3. The number of piperidine rings is 1. The molecule has 1 fully saturated rings. The Morgan fingerprint density at radius 2 is 2.44 bits per heavy atom. The zero-order chi connectivity index (χ0) is 11.4. The molecule has 0 spiro atoms. The summed E-state index contributed by atoms with van der Waals surface area (Å²) in [6.07, 6.45) is 7.25. The van der Waals surface area contributed by atoms with Gasteiger partial charge in [-0.15, -0.1) is 0 Å². The molecule has 2 heterocycles. The second-order valence-corrected chi connectivity index (χ2v) is 5.07. The number of halogens is 1. The summed E-state index contributed by atoms with van der Waals surface area (Å²) in [5.74, 6) is 1.60. The average Bonchev–Trinajstić information content (AvgIpc) is 2.33. The van der Waals surface area contributed by atoms with Gasteiger partial charge in [0.15, 0.2) is 0 Å². The maximum absolute atomic E-state index is 5.35. The smallest absolute Gasteiger partial charge is 0.141 e. The van der Waals surface area contributed by atoms with Gasteiger partial charge in [0, 0.05) is 16.2 Å². The summed E-state index contributed by atoms with van der Waals surface area (Å²) in [7, 11) is 1.70. The Morgan fingerprint density at radius 3 is 3.12 bits per heavy atom. The maximum Gasteiger partial charge on any atom is 0.141 e. The predicted molar refractivity (Wildman–Crippen MR) is 67.8 cm³/mol. The second-order valence-electron chi connectivity index (χ2n) is 4.22. The van der Waals surface area contributed by atoms with E-state index in [1.165, 1.54) is 18.4 Å². The van der Waals surface area contributed by atoms with Crippen molar-refractivity contribution in [3.63, 3.8) is 0 Å². The summed E-state index contributed by atoms with van der Waals surface area (Å²) in [5.41, 5.74) is 1.24. The van der Waals surface area contributed by atoms with Crippen molar-refractivity contribution in [2.75, 3.05) is 20.2 Å². The van der Waals surface area contributed by atoms with E-state index in [9.17, 15) is 0 Å². The summed E-state index contributed by atoms with van der Waals surface area (Å²) in [5, 5.41) is 3.44. The average molecular weight is 285 g/mol. The van der Waals surface area contributed by atoms with Crippen LogP contribution in [0.4, 0.5) is 0 Å². The van der Waals surface area contributed by atoms with Crippen molar-refractivity contribution in [2.24, 2.45) is 5.92 Å². The molecule has 1 aromatic heterocycles. The first-order valence-corrected chi connectivity index (χ1v) is 6.47. The van der Waals surface area contributed by atoms with Crippen molar-refractivity contribution in [2.45, 2.75) is 19.3 Å². The lowest BCUT2D eigenvalue weighted by molar-refractivity contribution is 0.363. The van der Waals surface area contributed by atoms with Crippen LogP contribution in [0.25, 0.3) is 0 Å². The van der Waals surface area contributed by atoms with Crippen LogP contribution in [0.15, 0.2) is 16.9 Å². The Kier molecular flexibility index (Phi) is 4.18. The van der Waals surface area contributed by atoms with Crippen LogP contribution < -0.4 is 10.1 Å². The van der Waals surface area contributed by atoms with Crippen LogP contribution in [0.5, 0.6) is 5.75 Å². The molecule has 0 radical (unpaired) electrons. The fourth-order valence-corrected chi connectivity index (χ4v) is 2.68. The summed E-state index contributed by atoms with van der Waals surface area (Å²) < 4.78 is 6.41. The molecule has 88 valence electrons. The van der Waals surface area contributed by atoms with E-state index in [1.54, 1.807) is 13.3 Å². The predicted octanol–water partition coefficient (Wildman–Crippen LogP) is 2.39. The van der Waals surface area contributed by atoms with E-state index in [2.05, 4.69) is 26.2 Å². The van der Waals surface area contributed by atoms with Gasteiger partial charge in [-0.2, -0.15) is 0 Å². The normalized spacial score (nSPS) is 20.8. The lowest BCUT2D eigenvalue weighted by atomic mass is 9.92. The number of nitrogens with one attached hydrogen (secondary N) is 1. The van der Waals surface area contributed by atoms with Gasteiger partial charge in [-0.25, -0.2) is 0 Å². The molecule has 1 unspecified atom stereocenters. The summed E-state index contributed by atoms with van der Waals surface area (Å²) >= 11 is 3.55. The molecule has 0 aromatic carbocycles. The number of ether oxygens (including phenoxy) is 1. The lowest BCUT2D eigenvalue weighted by Gasteiger charge is -2.23. The van der Waals surface area contributed by atoms with E-state index in [0.717, 1.165) is 29.7 Å².